The quantitative estimate of drug-likeness (QED) is 0.759. The van der Waals surface area contributed by atoms with Crippen LogP contribution < -0.4 is 5.32 Å². The summed E-state index contributed by atoms with van der Waals surface area (Å²) in [5.74, 6) is 0.105. The lowest BCUT2D eigenvalue weighted by Gasteiger charge is -2.02. The number of benzene rings is 1. The molecule has 0 saturated carbocycles. The number of rotatable bonds is 4. The van der Waals surface area contributed by atoms with Crippen molar-refractivity contribution >= 4 is 12.4 Å². The SMILES string of the molecule is CCCNC(=O)Cc1ccccc1.O=CO. The Bertz CT molecular complexity index is 298. The van der Waals surface area contributed by atoms with Gasteiger partial charge in [-0.25, -0.2) is 0 Å². The first-order valence-electron chi connectivity index (χ1n) is 5.13. The van der Waals surface area contributed by atoms with E-state index < -0.39 is 0 Å². The molecule has 1 aromatic carbocycles. The van der Waals surface area contributed by atoms with E-state index >= 15 is 0 Å². The molecule has 0 aliphatic rings. The summed E-state index contributed by atoms with van der Waals surface area (Å²) in [5, 5.41) is 9.73. The van der Waals surface area contributed by atoms with Gasteiger partial charge in [0.15, 0.2) is 0 Å². The second kappa shape index (κ2) is 9.71. The summed E-state index contributed by atoms with van der Waals surface area (Å²) in [6.07, 6.45) is 1.47. The highest BCUT2D eigenvalue weighted by Crippen LogP contribution is 1.98. The van der Waals surface area contributed by atoms with Gasteiger partial charge in [-0.15, -0.1) is 0 Å². The fourth-order valence-electron chi connectivity index (χ4n) is 1.11. The number of carbonyl (C=O) groups is 2. The van der Waals surface area contributed by atoms with Gasteiger partial charge in [-0.2, -0.15) is 0 Å². The van der Waals surface area contributed by atoms with Gasteiger partial charge in [-0.05, 0) is 12.0 Å². The summed E-state index contributed by atoms with van der Waals surface area (Å²) in [5.41, 5.74) is 1.07. The summed E-state index contributed by atoms with van der Waals surface area (Å²) in [7, 11) is 0. The maximum atomic E-state index is 11.3. The molecule has 0 heterocycles. The summed E-state index contributed by atoms with van der Waals surface area (Å²) in [6, 6.07) is 9.77. The number of amides is 1. The summed E-state index contributed by atoms with van der Waals surface area (Å²) >= 11 is 0. The Kier molecular flexibility index (Phi) is 8.59. The monoisotopic (exact) mass is 223 g/mol. The van der Waals surface area contributed by atoms with Gasteiger partial charge in [0.2, 0.25) is 5.91 Å². The third kappa shape index (κ3) is 7.55. The van der Waals surface area contributed by atoms with E-state index in [1.165, 1.54) is 0 Å². The van der Waals surface area contributed by atoms with Gasteiger partial charge in [-0.1, -0.05) is 37.3 Å². The van der Waals surface area contributed by atoms with Crippen LogP contribution in [-0.4, -0.2) is 24.0 Å². The van der Waals surface area contributed by atoms with Crippen molar-refractivity contribution in [3.63, 3.8) is 0 Å². The molecule has 0 spiro atoms. The fraction of sp³-hybridized carbons (Fsp3) is 0.333. The lowest BCUT2D eigenvalue weighted by atomic mass is 10.1. The van der Waals surface area contributed by atoms with Gasteiger partial charge >= 0.3 is 0 Å². The molecule has 0 radical (unpaired) electrons. The second-order valence-electron chi connectivity index (χ2n) is 3.12. The van der Waals surface area contributed by atoms with E-state index in [0.717, 1.165) is 18.5 Å². The van der Waals surface area contributed by atoms with Crippen LogP contribution in [0.2, 0.25) is 0 Å². The molecule has 0 aromatic heterocycles. The van der Waals surface area contributed by atoms with E-state index in [2.05, 4.69) is 5.32 Å². The van der Waals surface area contributed by atoms with Crippen LogP contribution in [0.1, 0.15) is 18.9 Å². The van der Waals surface area contributed by atoms with Crippen molar-refractivity contribution in [2.75, 3.05) is 6.54 Å². The third-order valence-corrected chi connectivity index (χ3v) is 1.78. The summed E-state index contributed by atoms with van der Waals surface area (Å²) in [4.78, 5) is 19.6. The molecule has 4 heteroatoms. The molecule has 0 atom stereocenters. The van der Waals surface area contributed by atoms with E-state index in [0.29, 0.717) is 6.42 Å². The normalized spacial score (nSPS) is 8.56. The first-order chi connectivity index (χ1) is 7.74. The zero-order chi connectivity index (χ0) is 12.2. The van der Waals surface area contributed by atoms with E-state index in [1.54, 1.807) is 0 Å². The van der Waals surface area contributed by atoms with Crippen LogP contribution in [0.5, 0.6) is 0 Å². The Morgan fingerprint density at radius 1 is 1.38 bits per heavy atom. The first-order valence-corrected chi connectivity index (χ1v) is 5.13. The molecule has 0 fully saturated rings. The number of carboxylic acid groups (broad SMARTS) is 1. The predicted octanol–water partition coefficient (Wildman–Crippen LogP) is 1.46. The van der Waals surface area contributed by atoms with E-state index in [4.69, 9.17) is 9.90 Å². The highest BCUT2D eigenvalue weighted by atomic mass is 16.3. The molecule has 16 heavy (non-hydrogen) atoms. The van der Waals surface area contributed by atoms with E-state index in [9.17, 15) is 4.79 Å². The lowest BCUT2D eigenvalue weighted by molar-refractivity contribution is -0.123. The summed E-state index contributed by atoms with van der Waals surface area (Å²) < 4.78 is 0. The van der Waals surface area contributed by atoms with Crippen LogP contribution in [0.15, 0.2) is 30.3 Å². The zero-order valence-corrected chi connectivity index (χ0v) is 9.35. The fourth-order valence-corrected chi connectivity index (χ4v) is 1.11. The largest absolute Gasteiger partial charge is 0.483 e. The Labute approximate surface area is 95.3 Å². The molecule has 1 aromatic rings. The van der Waals surface area contributed by atoms with Gasteiger partial charge < -0.3 is 10.4 Å². The molecule has 0 bridgehead atoms. The van der Waals surface area contributed by atoms with Crippen molar-refractivity contribution in [2.45, 2.75) is 19.8 Å². The molecular weight excluding hydrogens is 206 g/mol. The summed E-state index contributed by atoms with van der Waals surface area (Å²) in [6.45, 7) is 2.56. The molecule has 0 aliphatic carbocycles. The Morgan fingerprint density at radius 3 is 2.44 bits per heavy atom. The minimum atomic E-state index is -0.250. The van der Waals surface area contributed by atoms with Crippen LogP contribution in [-0.2, 0) is 16.0 Å². The average molecular weight is 223 g/mol. The maximum Gasteiger partial charge on any atom is 0.290 e. The molecule has 88 valence electrons. The van der Waals surface area contributed by atoms with Crippen molar-refractivity contribution in [3.05, 3.63) is 35.9 Å². The zero-order valence-electron chi connectivity index (χ0n) is 9.35. The number of hydrogen-bond donors (Lipinski definition) is 2. The van der Waals surface area contributed by atoms with Crippen molar-refractivity contribution in [2.24, 2.45) is 0 Å². The van der Waals surface area contributed by atoms with E-state index in [-0.39, 0.29) is 12.4 Å². The molecule has 4 nitrogen and oxygen atoms in total. The minimum absolute atomic E-state index is 0.105. The Balaban J connectivity index is 0.000000673. The Morgan fingerprint density at radius 2 is 1.94 bits per heavy atom. The van der Waals surface area contributed by atoms with Crippen LogP contribution in [0.3, 0.4) is 0 Å². The molecule has 2 N–H and O–H groups in total. The van der Waals surface area contributed by atoms with Crippen molar-refractivity contribution in [1.29, 1.82) is 0 Å². The minimum Gasteiger partial charge on any atom is -0.483 e. The molecule has 0 saturated heterocycles. The highest BCUT2D eigenvalue weighted by Gasteiger charge is 2.00. The van der Waals surface area contributed by atoms with Gasteiger partial charge in [0, 0.05) is 6.54 Å². The van der Waals surface area contributed by atoms with E-state index in [1.807, 2.05) is 37.3 Å². The van der Waals surface area contributed by atoms with Crippen molar-refractivity contribution < 1.29 is 14.7 Å². The van der Waals surface area contributed by atoms with Gasteiger partial charge in [0.05, 0.1) is 6.42 Å². The van der Waals surface area contributed by atoms with Crippen LogP contribution in [0, 0.1) is 0 Å². The lowest BCUT2D eigenvalue weighted by Crippen LogP contribution is -2.25. The first kappa shape index (κ1) is 14.2. The third-order valence-electron chi connectivity index (χ3n) is 1.78. The molecule has 0 aliphatic heterocycles. The van der Waals surface area contributed by atoms with Crippen LogP contribution in [0.4, 0.5) is 0 Å². The average Bonchev–Trinajstić information content (AvgIpc) is 2.29. The molecular formula is C12H17NO3. The van der Waals surface area contributed by atoms with Crippen molar-refractivity contribution in [3.8, 4) is 0 Å². The smallest absolute Gasteiger partial charge is 0.290 e. The highest BCUT2D eigenvalue weighted by molar-refractivity contribution is 5.78. The standard InChI is InChI=1S/C11H15NO.CH2O2/c1-2-8-12-11(13)9-10-6-4-3-5-7-10;2-1-3/h3-7H,2,8-9H2,1H3,(H,12,13);1H,(H,2,3). The number of hydrogen-bond acceptors (Lipinski definition) is 2. The molecule has 1 rings (SSSR count). The number of nitrogens with one attached hydrogen (secondary N) is 1. The van der Waals surface area contributed by atoms with Gasteiger partial charge in [0.25, 0.3) is 6.47 Å². The van der Waals surface area contributed by atoms with Gasteiger partial charge in [-0.3, -0.25) is 9.59 Å². The van der Waals surface area contributed by atoms with Crippen LogP contribution >= 0.6 is 0 Å². The molecule has 0 unspecified atom stereocenters. The predicted molar refractivity (Wildman–Crippen MR) is 62.1 cm³/mol. The van der Waals surface area contributed by atoms with Crippen molar-refractivity contribution in [1.82, 2.24) is 5.32 Å². The Hall–Kier alpha value is -1.84. The molecule has 1 amide bonds. The van der Waals surface area contributed by atoms with Crippen LogP contribution in [0.25, 0.3) is 0 Å². The topological polar surface area (TPSA) is 66.4 Å². The second-order valence-corrected chi connectivity index (χ2v) is 3.12. The van der Waals surface area contributed by atoms with Gasteiger partial charge in [0.1, 0.15) is 0 Å². The number of carbonyl (C=O) groups excluding carboxylic acids is 1. The maximum absolute atomic E-state index is 11.3.